The molecule has 0 bridgehead atoms. The van der Waals surface area contributed by atoms with Crippen molar-refractivity contribution in [2.45, 2.75) is 20.5 Å². The van der Waals surface area contributed by atoms with E-state index in [9.17, 15) is 4.79 Å². The van der Waals surface area contributed by atoms with E-state index < -0.39 is 0 Å². The van der Waals surface area contributed by atoms with Gasteiger partial charge in [0.1, 0.15) is 12.4 Å². The third-order valence-electron chi connectivity index (χ3n) is 3.95. The Bertz CT molecular complexity index is 887. The SMILES string of the molecule is Cc1cccc(NC(=O)c2cc(COc3ccc(Cl)cc3)cs2)c1C. The summed E-state index contributed by atoms with van der Waals surface area (Å²) in [5.74, 6) is 0.647. The monoisotopic (exact) mass is 371 g/mol. The van der Waals surface area contributed by atoms with Crippen LogP contribution < -0.4 is 10.1 Å². The lowest BCUT2D eigenvalue weighted by atomic mass is 10.1. The molecule has 0 aliphatic rings. The van der Waals surface area contributed by atoms with Crippen LogP contribution in [0.5, 0.6) is 5.75 Å². The number of ether oxygens (including phenoxy) is 1. The molecule has 0 radical (unpaired) electrons. The van der Waals surface area contributed by atoms with Crippen LogP contribution in [0, 0.1) is 13.8 Å². The third kappa shape index (κ3) is 4.41. The molecule has 25 heavy (non-hydrogen) atoms. The van der Waals surface area contributed by atoms with Crippen molar-refractivity contribution in [2.75, 3.05) is 5.32 Å². The summed E-state index contributed by atoms with van der Waals surface area (Å²) < 4.78 is 5.71. The number of hydrogen-bond acceptors (Lipinski definition) is 3. The summed E-state index contributed by atoms with van der Waals surface area (Å²) in [6, 6.07) is 15.0. The molecule has 128 valence electrons. The van der Waals surface area contributed by atoms with Crippen molar-refractivity contribution in [3.63, 3.8) is 0 Å². The lowest BCUT2D eigenvalue weighted by Gasteiger charge is -2.09. The number of benzene rings is 2. The molecular formula is C20H18ClNO2S. The van der Waals surface area contributed by atoms with E-state index in [1.807, 2.05) is 55.6 Å². The first-order valence-electron chi connectivity index (χ1n) is 7.86. The summed E-state index contributed by atoms with van der Waals surface area (Å²) in [4.78, 5) is 13.1. The zero-order valence-electron chi connectivity index (χ0n) is 14.0. The maximum atomic E-state index is 12.4. The van der Waals surface area contributed by atoms with Crippen LogP contribution in [0.3, 0.4) is 0 Å². The van der Waals surface area contributed by atoms with Crippen molar-refractivity contribution in [1.82, 2.24) is 0 Å². The topological polar surface area (TPSA) is 38.3 Å². The van der Waals surface area contributed by atoms with E-state index in [-0.39, 0.29) is 5.91 Å². The first-order chi connectivity index (χ1) is 12.0. The Morgan fingerprint density at radius 2 is 1.92 bits per heavy atom. The van der Waals surface area contributed by atoms with Crippen LogP contribution in [0.2, 0.25) is 5.02 Å². The Morgan fingerprint density at radius 3 is 2.68 bits per heavy atom. The van der Waals surface area contributed by atoms with Gasteiger partial charge >= 0.3 is 0 Å². The summed E-state index contributed by atoms with van der Waals surface area (Å²) in [6.45, 7) is 4.45. The first-order valence-corrected chi connectivity index (χ1v) is 9.12. The number of hydrogen-bond donors (Lipinski definition) is 1. The van der Waals surface area contributed by atoms with Crippen LogP contribution >= 0.6 is 22.9 Å². The van der Waals surface area contributed by atoms with Gasteiger partial charge in [-0.2, -0.15) is 0 Å². The summed E-state index contributed by atoms with van der Waals surface area (Å²) in [6.07, 6.45) is 0. The molecule has 1 N–H and O–H groups in total. The molecule has 5 heteroatoms. The molecule has 2 aromatic carbocycles. The van der Waals surface area contributed by atoms with Crippen molar-refractivity contribution in [2.24, 2.45) is 0 Å². The van der Waals surface area contributed by atoms with Gasteiger partial charge in [0.2, 0.25) is 0 Å². The molecule has 1 heterocycles. The summed E-state index contributed by atoms with van der Waals surface area (Å²) in [5, 5.41) is 5.59. The second-order valence-corrected chi connectivity index (χ2v) is 7.11. The van der Waals surface area contributed by atoms with Gasteiger partial charge in [0.05, 0.1) is 4.88 Å². The molecule has 0 saturated carbocycles. The largest absolute Gasteiger partial charge is 0.489 e. The number of nitrogens with one attached hydrogen (secondary N) is 1. The molecule has 3 rings (SSSR count). The molecule has 3 nitrogen and oxygen atoms in total. The second-order valence-electron chi connectivity index (χ2n) is 5.76. The van der Waals surface area contributed by atoms with Crippen LogP contribution in [0.1, 0.15) is 26.4 Å². The van der Waals surface area contributed by atoms with Gasteiger partial charge < -0.3 is 10.1 Å². The zero-order chi connectivity index (χ0) is 17.8. The Morgan fingerprint density at radius 1 is 1.16 bits per heavy atom. The summed E-state index contributed by atoms with van der Waals surface area (Å²) in [7, 11) is 0. The number of carbonyl (C=O) groups excluding carboxylic acids is 1. The predicted octanol–water partition coefficient (Wildman–Crippen LogP) is 5.85. The van der Waals surface area contributed by atoms with E-state index >= 15 is 0 Å². The fourth-order valence-electron chi connectivity index (χ4n) is 2.34. The molecular weight excluding hydrogens is 354 g/mol. The standard InChI is InChI=1S/C20H18ClNO2S/c1-13-4-3-5-18(14(13)2)22-20(23)19-10-15(12-25-19)11-24-17-8-6-16(21)7-9-17/h3-10,12H,11H2,1-2H3,(H,22,23). The number of carbonyl (C=O) groups is 1. The van der Waals surface area contributed by atoms with Crippen LogP contribution in [0.4, 0.5) is 5.69 Å². The van der Waals surface area contributed by atoms with Crippen LogP contribution in [-0.4, -0.2) is 5.91 Å². The zero-order valence-corrected chi connectivity index (χ0v) is 15.6. The fraction of sp³-hybridized carbons (Fsp3) is 0.150. The Kier molecular flexibility index (Phi) is 5.41. The molecule has 3 aromatic rings. The van der Waals surface area contributed by atoms with Crippen molar-refractivity contribution < 1.29 is 9.53 Å². The first kappa shape index (κ1) is 17.5. The highest BCUT2D eigenvalue weighted by Gasteiger charge is 2.11. The predicted molar refractivity (Wildman–Crippen MR) is 104 cm³/mol. The Hall–Kier alpha value is -2.30. The highest BCUT2D eigenvalue weighted by atomic mass is 35.5. The van der Waals surface area contributed by atoms with E-state index in [2.05, 4.69) is 5.32 Å². The smallest absolute Gasteiger partial charge is 0.265 e. The average molecular weight is 372 g/mol. The Balaban J connectivity index is 1.63. The minimum atomic E-state index is -0.101. The lowest BCUT2D eigenvalue weighted by molar-refractivity contribution is 0.103. The number of rotatable bonds is 5. The van der Waals surface area contributed by atoms with Crippen molar-refractivity contribution in [3.8, 4) is 5.75 Å². The fourth-order valence-corrected chi connectivity index (χ4v) is 3.26. The summed E-state index contributed by atoms with van der Waals surface area (Å²) >= 11 is 7.27. The number of aryl methyl sites for hydroxylation is 1. The molecule has 0 saturated heterocycles. The molecule has 0 fully saturated rings. The number of thiophene rings is 1. The highest BCUT2D eigenvalue weighted by molar-refractivity contribution is 7.12. The van der Waals surface area contributed by atoms with Crippen LogP contribution in [-0.2, 0) is 6.61 Å². The normalized spacial score (nSPS) is 10.5. The van der Waals surface area contributed by atoms with Gasteiger partial charge in [0, 0.05) is 16.3 Å². The minimum Gasteiger partial charge on any atom is -0.489 e. The molecule has 0 atom stereocenters. The van der Waals surface area contributed by atoms with Crippen molar-refractivity contribution in [1.29, 1.82) is 0 Å². The van der Waals surface area contributed by atoms with E-state index in [1.165, 1.54) is 11.3 Å². The summed E-state index contributed by atoms with van der Waals surface area (Å²) in [5.41, 5.74) is 4.04. The van der Waals surface area contributed by atoms with Crippen molar-refractivity contribution in [3.05, 3.63) is 80.5 Å². The van der Waals surface area contributed by atoms with Gasteiger partial charge in [-0.1, -0.05) is 23.7 Å². The van der Waals surface area contributed by atoms with E-state index in [1.54, 1.807) is 12.1 Å². The van der Waals surface area contributed by atoms with Crippen LogP contribution in [0.15, 0.2) is 53.9 Å². The maximum absolute atomic E-state index is 12.4. The quantitative estimate of drug-likeness (QED) is 0.610. The third-order valence-corrected chi connectivity index (χ3v) is 5.18. The van der Waals surface area contributed by atoms with Crippen molar-refractivity contribution >= 4 is 34.5 Å². The Labute approximate surface area is 156 Å². The van der Waals surface area contributed by atoms with Gasteiger partial charge in [-0.15, -0.1) is 11.3 Å². The molecule has 0 spiro atoms. The molecule has 0 unspecified atom stereocenters. The van der Waals surface area contributed by atoms with Gasteiger partial charge in [-0.05, 0) is 66.8 Å². The van der Waals surface area contributed by atoms with Gasteiger partial charge in [-0.3, -0.25) is 4.79 Å². The van der Waals surface area contributed by atoms with Gasteiger partial charge in [0.15, 0.2) is 0 Å². The maximum Gasteiger partial charge on any atom is 0.265 e. The van der Waals surface area contributed by atoms with E-state index in [0.29, 0.717) is 16.5 Å². The highest BCUT2D eigenvalue weighted by Crippen LogP contribution is 2.22. The molecule has 0 aliphatic carbocycles. The van der Waals surface area contributed by atoms with E-state index in [4.69, 9.17) is 16.3 Å². The lowest BCUT2D eigenvalue weighted by Crippen LogP contribution is -2.11. The van der Waals surface area contributed by atoms with Gasteiger partial charge in [0.25, 0.3) is 5.91 Å². The molecule has 1 aromatic heterocycles. The second kappa shape index (κ2) is 7.72. The van der Waals surface area contributed by atoms with Crippen LogP contribution in [0.25, 0.3) is 0 Å². The average Bonchev–Trinajstić information content (AvgIpc) is 3.08. The number of anilines is 1. The molecule has 1 amide bonds. The van der Waals surface area contributed by atoms with E-state index in [0.717, 1.165) is 28.1 Å². The molecule has 0 aliphatic heterocycles. The number of amides is 1. The number of halogens is 1. The minimum absolute atomic E-state index is 0.101. The van der Waals surface area contributed by atoms with Gasteiger partial charge in [-0.25, -0.2) is 0 Å².